The van der Waals surface area contributed by atoms with E-state index in [1.165, 1.54) is 4.90 Å². The zero-order valence-electron chi connectivity index (χ0n) is 12.6. The van der Waals surface area contributed by atoms with Gasteiger partial charge in [0.25, 0.3) is 5.91 Å². The van der Waals surface area contributed by atoms with Crippen molar-refractivity contribution < 1.29 is 14.4 Å². The lowest BCUT2D eigenvalue weighted by atomic mass is 9.99. The molecule has 2 N–H and O–H groups in total. The molecule has 1 aromatic rings. The molecule has 1 fully saturated rings. The second-order valence-electron chi connectivity index (χ2n) is 6.24. The molecule has 21 heavy (non-hydrogen) atoms. The minimum absolute atomic E-state index is 0.136. The summed E-state index contributed by atoms with van der Waals surface area (Å²) in [7, 11) is 3.41. The summed E-state index contributed by atoms with van der Waals surface area (Å²) < 4.78 is 5.30. The van der Waals surface area contributed by atoms with Gasteiger partial charge in [0, 0.05) is 52.3 Å². The predicted octanol–water partition coefficient (Wildman–Crippen LogP) is -0.541. The number of aliphatic hydroxyl groups is 1. The van der Waals surface area contributed by atoms with E-state index in [1.807, 2.05) is 0 Å². The summed E-state index contributed by atoms with van der Waals surface area (Å²) in [4.78, 5) is 15.8. The highest BCUT2D eigenvalue weighted by Gasteiger charge is 2.36. The number of hydrogen-bond donors (Lipinski definition) is 2. The molecule has 0 saturated carbocycles. The Kier molecular flexibility index (Phi) is 3.73. The highest BCUT2D eigenvalue weighted by Crippen LogP contribution is 2.25. The van der Waals surface area contributed by atoms with Gasteiger partial charge in [0.1, 0.15) is 5.76 Å². The molecule has 1 saturated heterocycles. The van der Waals surface area contributed by atoms with Crippen molar-refractivity contribution in [2.24, 2.45) is 0 Å². The van der Waals surface area contributed by atoms with E-state index in [4.69, 9.17) is 4.52 Å². The standard InChI is InChI=1S/C14H22N4O3/c1-17(2)13(19)12-10-7-18(6-3-11(10)21-16-12)9-14(20)4-5-15-8-14/h15,20H,3-9H2,1-2H3/t14-/m0/s1. The van der Waals surface area contributed by atoms with Crippen LogP contribution < -0.4 is 5.32 Å². The van der Waals surface area contributed by atoms with E-state index in [0.29, 0.717) is 25.3 Å². The number of carbonyl (C=O) groups excluding carboxylic acids is 1. The molecule has 1 atom stereocenters. The molecule has 1 amide bonds. The number of hydrogen-bond acceptors (Lipinski definition) is 6. The fourth-order valence-corrected chi connectivity index (χ4v) is 3.06. The molecule has 0 aromatic carbocycles. The Labute approximate surface area is 123 Å². The van der Waals surface area contributed by atoms with Crippen molar-refractivity contribution in [3.05, 3.63) is 17.0 Å². The lowest BCUT2D eigenvalue weighted by Crippen LogP contribution is -2.46. The maximum atomic E-state index is 12.1. The molecule has 0 unspecified atom stereocenters. The Morgan fingerprint density at radius 1 is 1.57 bits per heavy atom. The maximum Gasteiger partial charge on any atom is 0.275 e. The molecular weight excluding hydrogens is 272 g/mol. The molecule has 3 rings (SSSR count). The van der Waals surface area contributed by atoms with Crippen molar-refractivity contribution in [3.63, 3.8) is 0 Å². The molecule has 0 aliphatic carbocycles. The fraction of sp³-hybridized carbons (Fsp3) is 0.714. The summed E-state index contributed by atoms with van der Waals surface area (Å²) in [6.07, 6.45) is 1.50. The van der Waals surface area contributed by atoms with E-state index in [2.05, 4.69) is 15.4 Å². The largest absolute Gasteiger partial charge is 0.387 e. The van der Waals surface area contributed by atoms with E-state index < -0.39 is 5.60 Å². The predicted molar refractivity (Wildman–Crippen MR) is 75.9 cm³/mol. The summed E-state index contributed by atoms with van der Waals surface area (Å²) in [6.45, 7) is 3.52. The van der Waals surface area contributed by atoms with Crippen LogP contribution in [0.5, 0.6) is 0 Å². The zero-order chi connectivity index (χ0) is 15.0. The highest BCUT2D eigenvalue weighted by molar-refractivity contribution is 5.93. The molecule has 3 heterocycles. The minimum Gasteiger partial charge on any atom is -0.387 e. The summed E-state index contributed by atoms with van der Waals surface area (Å²) in [5.74, 6) is 0.663. The molecule has 7 heteroatoms. The van der Waals surface area contributed by atoms with Crippen molar-refractivity contribution in [2.75, 3.05) is 40.3 Å². The summed E-state index contributed by atoms with van der Waals surface area (Å²) in [5.41, 5.74) is 0.603. The van der Waals surface area contributed by atoms with Crippen LogP contribution in [0.25, 0.3) is 0 Å². The molecular formula is C14H22N4O3. The van der Waals surface area contributed by atoms with Crippen LogP contribution >= 0.6 is 0 Å². The summed E-state index contributed by atoms with van der Waals surface area (Å²) >= 11 is 0. The van der Waals surface area contributed by atoms with Crippen molar-refractivity contribution in [1.82, 2.24) is 20.3 Å². The van der Waals surface area contributed by atoms with Gasteiger partial charge in [-0.05, 0) is 13.0 Å². The lowest BCUT2D eigenvalue weighted by molar-refractivity contribution is 0.0158. The monoisotopic (exact) mass is 294 g/mol. The van der Waals surface area contributed by atoms with Crippen molar-refractivity contribution in [3.8, 4) is 0 Å². The summed E-state index contributed by atoms with van der Waals surface area (Å²) in [5, 5.41) is 17.6. The van der Waals surface area contributed by atoms with Gasteiger partial charge in [-0.2, -0.15) is 0 Å². The van der Waals surface area contributed by atoms with Crippen LogP contribution in [0.3, 0.4) is 0 Å². The second kappa shape index (κ2) is 5.40. The third kappa shape index (κ3) is 2.81. The Balaban J connectivity index is 1.75. The van der Waals surface area contributed by atoms with Crippen LogP contribution in [-0.2, 0) is 13.0 Å². The van der Waals surface area contributed by atoms with Gasteiger partial charge in [-0.25, -0.2) is 0 Å². The molecule has 0 radical (unpaired) electrons. The number of rotatable bonds is 3. The molecule has 116 valence electrons. The third-order valence-corrected chi connectivity index (χ3v) is 4.25. The number of nitrogens with zero attached hydrogens (tertiary/aromatic N) is 3. The fourth-order valence-electron chi connectivity index (χ4n) is 3.06. The van der Waals surface area contributed by atoms with Gasteiger partial charge in [0.15, 0.2) is 5.69 Å². The van der Waals surface area contributed by atoms with Gasteiger partial charge in [0.05, 0.1) is 5.60 Å². The number of carbonyl (C=O) groups is 1. The number of β-amino-alcohol motifs (C(OH)–C–C–N with tert-alkyl or cyclic N) is 1. The van der Waals surface area contributed by atoms with E-state index >= 15 is 0 Å². The number of nitrogens with one attached hydrogen (secondary N) is 1. The van der Waals surface area contributed by atoms with Gasteiger partial charge >= 0.3 is 0 Å². The average molecular weight is 294 g/mol. The first-order valence-electron chi connectivity index (χ1n) is 7.33. The van der Waals surface area contributed by atoms with Crippen molar-refractivity contribution >= 4 is 5.91 Å². The number of aromatic nitrogens is 1. The maximum absolute atomic E-state index is 12.1. The molecule has 0 spiro atoms. The first-order valence-corrected chi connectivity index (χ1v) is 7.33. The van der Waals surface area contributed by atoms with Crippen molar-refractivity contribution in [2.45, 2.75) is 25.0 Å². The van der Waals surface area contributed by atoms with Crippen LogP contribution in [-0.4, -0.2) is 71.8 Å². The van der Waals surface area contributed by atoms with Crippen molar-refractivity contribution in [1.29, 1.82) is 0 Å². The first kappa shape index (κ1) is 14.5. The van der Waals surface area contributed by atoms with Gasteiger partial charge in [0.2, 0.25) is 0 Å². The van der Waals surface area contributed by atoms with Crippen LogP contribution in [0.2, 0.25) is 0 Å². The lowest BCUT2D eigenvalue weighted by Gasteiger charge is -2.32. The zero-order valence-corrected chi connectivity index (χ0v) is 12.6. The van der Waals surface area contributed by atoms with Gasteiger partial charge in [-0.1, -0.05) is 5.16 Å². The molecule has 2 aliphatic rings. The van der Waals surface area contributed by atoms with Gasteiger partial charge in [-0.3, -0.25) is 9.69 Å². The quantitative estimate of drug-likeness (QED) is 0.779. The first-order chi connectivity index (χ1) is 9.98. The van der Waals surface area contributed by atoms with E-state index in [0.717, 1.165) is 37.3 Å². The number of amides is 1. The Hall–Kier alpha value is -1.44. The number of fused-ring (bicyclic) bond motifs is 1. The Morgan fingerprint density at radius 3 is 3.05 bits per heavy atom. The molecule has 1 aromatic heterocycles. The smallest absolute Gasteiger partial charge is 0.275 e. The normalized spacial score (nSPS) is 25.9. The van der Waals surface area contributed by atoms with Crippen LogP contribution in [0.4, 0.5) is 0 Å². The average Bonchev–Trinajstić information content (AvgIpc) is 3.04. The Morgan fingerprint density at radius 2 is 2.38 bits per heavy atom. The topological polar surface area (TPSA) is 81.8 Å². The van der Waals surface area contributed by atoms with Gasteiger partial charge < -0.3 is 19.8 Å². The minimum atomic E-state index is -0.666. The van der Waals surface area contributed by atoms with Crippen LogP contribution in [0.15, 0.2) is 4.52 Å². The highest BCUT2D eigenvalue weighted by atomic mass is 16.5. The van der Waals surface area contributed by atoms with Gasteiger partial charge in [-0.15, -0.1) is 0 Å². The second-order valence-corrected chi connectivity index (χ2v) is 6.24. The molecule has 7 nitrogen and oxygen atoms in total. The third-order valence-electron chi connectivity index (χ3n) is 4.25. The van der Waals surface area contributed by atoms with E-state index in [-0.39, 0.29) is 5.91 Å². The molecule has 2 aliphatic heterocycles. The SMILES string of the molecule is CN(C)C(=O)c1noc2c1CN(C[C@]1(O)CCNC1)CC2. The van der Waals surface area contributed by atoms with Crippen LogP contribution in [0, 0.1) is 0 Å². The van der Waals surface area contributed by atoms with Crippen LogP contribution in [0.1, 0.15) is 28.2 Å². The Bertz CT molecular complexity index is 534. The summed E-state index contributed by atoms with van der Waals surface area (Å²) in [6, 6.07) is 0. The van der Waals surface area contributed by atoms with E-state index in [1.54, 1.807) is 14.1 Å². The molecule has 0 bridgehead atoms. The van der Waals surface area contributed by atoms with E-state index in [9.17, 15) is 9.90 Å².